The predicted molar refractivity (Wildman–Crippen MR) is 139 cm³/mol. The molecule has 0 aromatic heterocycles. The van der Waals surface area contributed by atoms with Crippen LogP contribution in [0.5, 0.6) is 5.75 Å². The Kier molecular flexibility index (Phi) is 6.97. The van der Waals surface area contributed by atoms with E-state index in [2.05, 4.69) is 39.8 Å². The van der Waals surface area contributed by atoms with Crippen LogP contribution in [0, 0.1) is 0 Å². The minimum atomic E-state index is -4.42. The van der Waals surface area contributed by atoms with Gasteiger partial charge in [0.25, 0.3) is 0 Å². The molecule has 4 rings (SSSR count). The van der Waals surface area contributed by atoms with Gasteiger partial charge in [-0.25, -0.2) is 4.79 Å². The van der Waals surface area contributed by atoms with Crippen molar-refractivity contribution in [1.82, 2.24) is 0 Å². The second-order valence-corrected chi connectivity index (χ2v) is 10.9. The number of hydrogen-bond donors (Lipinski definition) is 1. The fraction of sp³-hybridized carbons (Fsp3) is 0.323. The molecular formula is C31H31F3O3. The maximum absolute atomic E-state index is 13.0. The van der Waals surface area contributed by atoms with E-state index in [1.54, 1.807) is 12.1 Å². The minimum absolute atomic E-state index is 0.0177. The first-order chi connectivity index (χ1) is 17.3. The lowest BCUT2D eigenvalue weighted by molar-refractivity contribution is -0.137. The van der Waals surface area contributed by atoms with E-state index in [1.807, 2.05) is 18.2 Å². The molecule has 3 aromatic carbocycles. The summed E-state index contributed by atoms with van der Waals surface area (Å²) in [6.45, 7) is 8.96. The van der Waals surface area contributed by atoms with E-state index in [9.17, 15) is 18.0 Å². The van der Waals surface area contributed by atoms with Crippen molar-refractivity contribution in [2.24, 2.45) is 0 Å². The van der Waals surface area contributed by atoms with Gasteiger partial charge in [-0.15, -0.1) is 0 Å². The molecule has 0 radical (unpaired) electrons. The molecule has 1 aliphatic rings. The molecule has 0 saturated carbocycles. The zero-order valence-electron chi connectivity index (χ0n) is 21.4. The average Bonchev–Trinajstić information content (AvgIpc) is 2.84. The maximum Gasteiger partial charge on any atom is 0.416 e. The number of halogens is 3. The van der Waals surface area contributed by atoms with Gasteiger partial charge < -0.3 is 9.84 Å². The lowest BCUT2D eigenvalue weighted by Crippen LogP contribution is -2.34. The van der Waals surface area contributed by atoms with Gasteiger partial charge in [-0.05, 0) is 88.4 Å². The van der Waals surface area contributed by atoms with E-state index in [0.717, 1.165) is 36.1 Å². The summed E-state index contributed by atoms with van der Waals surface area (Å²) < 4.78 is 45.3. The van der Waals surface area contributed by atoms with Crippen LogP contribution < -0.4 is 4.74 Å². The molecule has 0 bridgehead atoms. The van der Waals surface area contributed by atoms with Crippen LogP contribution in [0.15, 0.2) is 72.8 Å². The lowest BCUT2D eigenvalue weighted by atomic mass is 9.63. The van der Waals surface area contributed by atoms with Crippen LogP contribution in [-0.2, 0) is 17.0 Å². The summed E-state index contributed by atoms with van der Waals surface area (Å²) in [6, 6.07) is 17.5. The minimum Gasteiger partial charge on any atom is -0.482 e. The molecule has 0 fully saturated rings. The fourth-order valence-electron chi connectivity index (χ4n) is 4.81. The number of carboxylic acid groups (broad SMARTS) is 1. The third-order valence-electron chi connectivity index (χ3n) is 7.27. The van der Waals surface area contributed by atoms with Crippen LogP contribution in [0.4, 0.5) is 13.2 Å². The van der Waals surface area contributed by atoms with Crippen molar-refractivity contribution in [1.29, 1.82) is 0 Å². The molecule has 3 aromatic rings. The van der Waals surface area contributed by atoms with Gasteiger partial charge in [-0.2, -0.15) is 13.2 Å². The number of fused-ring (bicyclic) bond motifs is 1. The first kappa shape index (κ1) is 26.5. The van der Waals surface area contributed by atoms with Gasteiger partial charge >= 0.3 is 12.1 Å². The average molecular weight is 509 g/mol. The second kappa shape index (κ2) is 9.73. The molecular weight excluding hydrogens is 477 g/mol. The Labute approximate surface area is 215 Å². The molecule has 1 aliphatic carbocycles. The molecule has 0 saturated heterocycles. The summed E-state index contributed by atoms with van der Waals surface area (Å²) in [5, 5.41) is 9.14. The molecule has 1 N–H and O–H groups in total. The molecule has 0 amide bonds. The fourth-order valence-corrected chi connectivity index (χ4v) is 4.81. The van der Waals surface area contributed by atoms with Gasteiger partial charge in [-0.3, -0.25) is 0 Å². The Morgan fingerprint density at radius 3 is 2.05 bits per heavy atom. The number of alkyl halides is 3. The van der Waals surface area contributed by atoms with E-state index >= 15 is 0 Å². The van der Waals surface area contributed by atoms with E-state index in [1.165, 1.54) is 35.4 Å². The van der Waals surface area contributed by atoms with Gasteiger partial charge in [0.2, 0.25) is 0 Å². The molecule has 194 valence electrons. The van der Waals surface area contributed by atoms with Crippen LogP contribution in [0.1, 0.15) is 84.8 Å². The summed E-state index contributed by atoms with van der Waals surface area (Å²) in [7, 11) is 0. The smallest absolute Gasteiger partial charge is 0.416 e. The summed E-state index contributed by atoms with van der Waals surface area (Å²) in [6.07, 6.45) is 0.820. The van der Waals surface area contributed by atoms with Crippen LogP contribution in [0.2, 0.25) is 0 Å². The molecule has 1 unspecified atom stereocenters. The largest absolute Gasteiger partial charge is 0.482 e. The van der Waals surface area contributed by atoms with Crippen molar-refractivity contribution in [2.75, 3.05) is 0 Å². The summed E-state index contributed by atoms with van der Waals surface area (Å²) in [5.41, 5.74) is 3.71. The van der Waals surface area contributed by atoms with E-state index < -0.39 is 23.8 Å². The number of ether oxygens (including phenoxy) is 1. The second-order valence-electron chi connectivity index (χ2n) is 10.9. The van der Waals surface area contributed by atoms with E-state index in [4.69, 9.17) is 9.84 Å². The van der Waals surface area contributed by atoms with Crippen LogP contribution >= 0.6 is 0 Å². The predicted octanol–water partition coefficient (Wildman–Crippen LogP) is 8.59. The van der Waals surface area contributed by atoms with Gasteiger partial charge in [0.15, 0.2) is 0 Å². The van der Waals surface area contributed by atoms with Crippen molar-refractivity contribution in [3.05, 3.63) is 106 Å². The zero-order chi connectivity index (χ0) is 27.0. The van der Waals surface area contributed by atoms with Crippen LogP contribution in [0.25, 0.3) is 6.08 Å². The number of aromatic carboxylic acids is 1. The van der Waals surface area contributed by atoms with Crippen molar-refractivity contribution in [2.45, 2.75) is 63.6 Å². The molecule has 0 spiro atoms. The van der Waals surface area contributed by atoms with E-state index in [0.29, 0.717) is 5.75 Å². The number of benzene rings is 3. The van der Waals surface area contributed by atoms with Gasteiger partial charge in [0.05, 0.1) is 11.1 Å². The number of carboxylic acids is 1. The molecule has 37 heavy (non-hydrogen) atoms. The van der Waals surface area contributed by atoms with Gasteiger partial charge in [0, 0.05) is 0 Å². The third kappa shape index (κ3) is 5.90. The van der Waals surface area contributed by atoms with Gasteiger partial charge in [0.1, 0.15) is 11.9 Å². The van der Waals surface area contributed by atoms with E-state index in [-0.39, 0.29) is 16.4 Å². The van der Waals surface area contributed by atoms with Crippen molar-refractivity contribution in [3.63, 3.8) is 0 Å². The standard InChI is InChI=1S/C31H31F3O3/c1-29(2)17-18-30(3,4)26-19-22(10-15-25(26)29)27(16-7-20-5-8-21(9-6-20)28(35)36)37-24-13-11-23(12-14-24)31(32,33)34/h5-16,19,27H,17-18H2,1-4H3,(H,35,36)/b16-7+. The maximum atomic E-state index is 13.0. The topological polar surface area (TPSA) is 46.5 Å². The molecule has 3 nitrogen and oxygen atoms in total. The Balaban J connectivity index is 1.71. The highest BCUT2D eigenvalue weighted by Crippen LogP contribution is 2.46. The Bertz CT molecular complexity index is 1300. The molecule has 0 heterocycles. The first-order valence-electron chi connectivity index (χ1n) is 12.3. The number of hydrogen-bond acceptors (Lipinski definition) is 2. The monoisotopic (exact) mass is 508 g/mol. The Morgan fingerprint density at radius 1 is 0.892 bits per heavy atom. The zero-order valence-corrected chi connectivity index (χ0v) is 21.4. The Hall–Kier alpha value is -3.54. The molecule has 0 aliphatic heterocycles. The van der Waals surface area contributed by atoms with Crippen molar-refractivity contribution >= 4 is 12.0 Å². The third-order valence-corrected chi connectivity index (χ3v) is 7.27. The molecule has 6 heteroatoms. The summed E-state index contributed by atoms with van der Waals surface area (Å²) >= 11 is 0. The van der Waals surface area contributed by atoms with Gasteiger partial charge in [-0.1, -0.05) is 64.1 Å². The number of carbonyl (C=O) groups is 1. The van der Waals surface area contributed by atoms with Crippen LogP contribution in [0.3, 0.4) is 0 Å². The first-order valence-corrected chi connectivity index (χ1v) is 12.3. The Morgan fingerprint density at radius 2 is 1.49 bits per heavy atom. The van der Waals surface area contributed by atoms with Crippen molar-refractivity contribution < 1.29 is 27.8 Å². The highest BCUT2D eigenvalue weighted by atomic mass is 19.4. The highest BCUT2D eigenvalue weighted by Gasteiger charge is 2.37. The van der Waals surface area contributed by atoms with Crippen molar-refractivity contribution in [3.8, 4) is 5.75 Å². The normalized spacial score (nSPS) is 17.3. The number of rotatable bonds is 6. The van der Waals surface area contributed by atoms with Crippen LogP contribution in [-0.4, -0.2) is 11.1 Å². The quantitative estimate of drug-likeness (QED) is 0.363. The summed E-state index contributed by atoms with van der Waals surface area (Å²) in [4.78, 5) is 11.2. The SMILES string of the molecule is CC1(C)CCC(C)(C)c2cc(C(/C=C/c3ccc(C(=O)O)cc3)Oc3ccc(C(F)(F)F)cc3)ccc21. The summed E-state index contributed by atoms with van der Waals surface area (Å²) in [5.74, 6) is -0.681. The highest BCUT2D eigenvalue weighted by molar-refractivity contribution is 5.87. The molecule has 1 atom stereocenters. The lowest BCUT2D eigenvalue weighted by Gasteiger charge is -2.42.